The summed E-state index contributed by atoms with van der Waals surface area (Å²) in [5, 5.41) is 11.5. The number of anilines is 2. The lowest BCUT2D eigenvalue weighted by Gasteiger charge is -2.23. The molecule has 0 heterocycles. The van der Waals surface area contributed by atoms with Crippen LogP contribution in [0.15, 0.2) is 54.6 Å². The van der Waals surface area contributed by atoms with Gasteiger partial charge in [0, 0.05) is 11.4 Å². The molecule has 2 N–H and O–H groups in total. The highest BCUT2D eigenvalue weighted by molar-refractivity contribution is 6.10. The van der Waals surface area contributed by atoms with Crippen LogP contribution in [0.3, 0.4) is 0 Å². The monoisotopic (exact) mass is 456 g/mol. The van der Waals surface area contributed by atoms with Crippen molar-refractivity contribution in [2.24, 2.45) is 0 Å². The summed E-state index contributed by atoms with van der Waals surface area (Å²) in [5.74, 6) is -7.72. The van der Waals surface area contributed by atoms with E-state index < -0.39 is 47.3 Å². The Balaban J connectivity index is 1.92. The largest absolute Gasteiger partial charge is 0.478 e. The molecule has 0 spiro atoms. The Morgan fingerprint density at radius 3 is 2.15 bits per heavy atom. The van der Waals surface area contributed by atoms with E-state index in [9.17, 15) is 27.6 Å². The van der Waals surface area contributed by atoms with Gasteiger partial charge in [-0.3, -0.25) is 14.5 Å². The number of hydrogen-bond acceptors (Lipinski definition) is 3. The number of carbonyl (C=O) groups excluding carboxylic acids is 2. The molecule has 0 aliphatic heterocycles. The standard InChI is InChI=1S/C24H19F3N2O4/c1-13-3-8-17(11-14(13)2)29(23(31)18-9-10-19(25)22(27)21(18)26)12-20(30)28-16-6-4-15(5-7-16)24(32)33/h3-11H,12H2,1-2H3,(H,28,30)(H,32,33). The predicted molar refractivity (Wildman–Crippen MR) is 116 cm³/mol. The van der Waals surface area contributed by atoms with Gasteiger partial charge in [0.15, 0.2) is 17.5 Å². The molecule has 6 nitrogen and oxygen atoms in total. The smallest absolute Gasteiger partial charge is 0.335 e. The zero-order valence-electron chi connectivity index (χ0n) is 17.7. The number of nitrogens with one attached hydrogen (secondary N) is 1. The fourth-order valence-electron chi connectivity index (χ4n) is 3.05. The Morgan fingerprint density at radius 2 is 1.55 bits per heavy atom. The highest BCUT2D eigenvalue weighted by Crippen LogP contribution is 2.24. The first-order chi connectivity index (χ1) is 15.6. The summed E-state index contributed by atoms with van der Waals surface area (Å²) in [6.07, 6.45) is 0. The van der Waals surface area contributed by atoms with E-state index in [0.29, 0.717) is 6.07 Å². The van der Waals surface area contributed by atoms with Gasteiger partial charge in [0.25, 0.3) is 5.91 Å². The van der Waals surface area contributed by atoms with Gasteiger partial charge >= 0.3 is 5.97 Å². The molecule has 170 valence electrons. The third-order valence-corrected chi connectivity index (χ3v) is 5.03. The molecule has 9 heteroatoms. The summed E-state index contributed by atoms with van der Waals surface area (Å²) in [5.41, 5.74) is 1.52. The van der Waals surface area contributed by atoms with Crippen LogP contribution in [0, 0.1) is 31.3 Å². The summed E-state index contributed by atoms with van der Waals surface area (Å²) in [4.78, 5) is 37.7. The van der Waals surface area contributed by atoms with E-state index in [1.54, 1.807) is 25.1 Å². The Kier molecular flexibility index (Phi) is 6.81. The number of benzene rings is 3. The lowest BCUT2D eigenvalue weighted by molar-refractivity contribution is -0.114. The van der Waals surface area contributed by atoms with E-state index in [1.807, 2.05) is 6.92 Å². The van der Waals surface area contributed by atoms with Crippen LogP contribution in [0.5, 0.6) is 0 Å². The normalized spacial score (nSPS) is 10.6. The molecule has 2 amide bonds. The molecule has 0 bridgehead atoms. The second-order valence-corrected chi connectivity index (χ2v) is 7.31. The van der Waals surface area contributed by atoms with Crippen LogP contribution >= 0.6 is 0 Å². The number of carboxylic acids is 1. The maximum Gasteiger partial charge on any atom is 0.335 e. The van der Waals surface area contributed by atoms with Gasteiger partial charge in [-0.05, 0) is 73.5 Å². The first kappa shape index (κ1) is 23.5. The summed E-state index contributed by atoms with van der Waals surface area (Å²) < 4.78 is 41.4. The number of amides is 2. The average Bonchev–Trinajstić information content (AvgIpc) is 2.78. The van der Waals surface area contributed by atoms with E-state index in [4.69, 9.17) is 5.11 Å². The molecule has 0 aliphatic carbocycles. The number of carboxylic acid groups (broad SMARTS) is 1. The van der Waals surface area contributed by atoms with Crippen molar-refractivity contribution < 1.29 is 32.7 Å². The number of aryl methyl sites for hydroxylation is 2. The third kappa shape index (κ3) is 5.20. The lowest BCUT2D eigenvalue weighted by atomic mass is 10.1. The van der Waals surface area contributed by atoms with E-state index in [2.05, 4.69) is 5.32 Å². The van der Waals surface area contributed by atoms with Crippen LogP contribution in [-0.2, 0) is 4.79 Å². The summed E-state index contributed by atoms with van der Waals surface area (Å²) >= 11 is 0. The van der Waals surface area contributed by atoms with E-state index in [-0.39, 0.29) is 16.9 Å². The van der Waals surface area contributed by atoms with Crippen molar-refractivity contribution in [2.75, 3.05) is 16.8 Å². The first-order valence-corrected chi connectivity index (χ1v) is 9.74. The van der Waals surface area contributed by atoms with Crippen molar-refractivity contribution in [2.45, 2.75) is 13.8 Å². The fraction of sp³-hybridized carbons (Fsp3) is 0.125. The number of rotatable bonds is 6. The van der Waals surface area contributed by atoms with Crippen LogP contribution in [0.1, 0.15) is 31.8 Å². The third-order valence-electron chi connectivity index (χ3n) is 5.03. The fourth-order valence-corrected chi connectivity index (χ4v) is 3.05. The number of carbonyl (C=O) groups is 3. The molecule has 0 aromatic heterocycles. The van der Waals surface area contributed by atoms with Gasteiger partial charge < -0.3 is 10.4 Å². The minimum Gasteiger partial charge on any atom is -0.478 e. The van der Waals surface area contributed by atoms with E-state index in [0.717, 1.165) is 22.1 Å². The average molecular weight is 456 g/mol. The minimum absolute atomic E-state index is 0.0220. The number of nitrogens with zero attached hydrogens (tertiary/aromatic N) is 1. The van der Waals surface area contributed by atoms with Crippen molar-refractivity contribution in [3.8, 4) is 0 Å². The molecule has 3 aromatic carbocycles. The van der Waals surface area contributed by atoms with Crippen LogP contribution in [0.25, 0.3) is 0 Å². The van der Waals surface area contributed by atoms with Gasteiger partial charge in [-0.2, -0.15) is 0 Å². The highest BCUT2D eigenvalue weighted by atomic mass is 19.2. The van der Waals surface area contributed by atoms with Crippen LogP contribution < -0.4 is 10.2 Å². The van der Waals surface area contributed by atoms with E-state index >= 15 is 0 Å². The van der Waals surface area contributed by atoms with Crippen molar-refractivity contribution in [1.82, 2.24) is 0 Å². The summed E-state index contributed by atoms with van der Waals surface area (Å²) in [7, 11) is 0. The van der Waals surface area contributed by atoms with Crippen LogP contribution in [0.2, 0.25) is 0 Å². The van der Waals surface area contributed by atoms with Crippen molar-refractivity contribution in [3.05, 3.63) is 94.3 Å². The Morgan fingerprint density at radius 1 is 0.879 bits per heavy atom. The van der Waals surface area contributed by atoms with Gasteiger partial charge in [-0.15, -0.1) is 0 Å². The minimum atomic E-state index is -1.79. The zero-order valence-corrected chi connectivity index (χ0v) is 17.7. The molecule has 0 unspecified atom stereocenters. The molecule has 0 radical (unpaired) electrons. The van der Waals surface area contributed by atoms with Gasteiger partial charge in [0.05, 0.1) is 11.1 Å². The van der Waals surface area contributed by atoms with Gasteiger partial charge in [-0.1, -0.05) is 6.07 Å². The topological polar surface area (TPSA) is 86.7 Å². The second-order valence-electron chi connectivity index (χ2n) is 7.31. The molecule has 0 saturated carbocycles. The molecular formula is C24H19F3N2O4. The molecule has 3 rings (SSSR count). The van der Waals surface area contributed by atoms with Gasteiger partial charge in [0.1, 0.15) is 6.54 Å². The van der Waals surface area contributed by atoms with Crippen LogP contribution in [0.4, 0.5) is 24.5 Å². The predicted octanol–water partition coefficient (Wildman–Crippen LogP) is 4.70. The highest BCUT2D eigenvalue weighted by Gasteiger charge is 2.26. The summed E-state index contributed by atoms with van der Waals surface area (Å²) in [6.45, 7) is 3.05. The van der Waals surface area contributed by atoms with Gasteiger partial charge in [-0.25, -0.2) is 18.0 Å². The lowest BCUT2D eigenvalue weighted by Crippen LogP contribution is -2.38. The van der Waals surface area contributed by atoms with Gasteiger partial charge in [0.2, 0.25) is 5.91 Å². The molecular weight excluding hydrogens is 437 g/mol. The first-order valence-electron chi connectivity index (χ1n) is 9.74. The number of halogens is 3. The van der Waals surface area contributed by atoms with Crippen molar-refractivity contribution in [1.29, 1.82) is 0 Å². The second kappa shape index (κ2) is 9.56. The molecule has 0 saturated heterocycles. The maximum absolute atomic E-state index is 14.3. The number of hydrogen-bond donors (Lipinski definition) is 2. The molecule has 0 fully saturated rings. The Labute approximate surface area is 187 Å². The zero-order chi connectivity index (χ0) is 24.3. The van der Waals surface area contributed by atoms with Crippen LogP contribution in [-0.4, -0.2) is 29.4 Å². The van der Waals surface area contributed by atoms with Crippen molar-refractivity contribution >= 4 is 29.2 Å². The molecule has 0 atom stereocenters. The quantitative estimate of drug-likeness (QED) is 0.527. The SMILES string of the molecule is Cc1ccc(N(CC(=O)Nc2ccc(C(=O)O)cc2)C(=O)c2ccc(F)c(F)c2F)cc1C. The Hall–Kier alpha value is -4.14. The number of aromatic carboxylic acids is 1. The molecule has 33 heavy (non-hydrogen) atoms. The van der Waals surface area contributed by atoms with Crippen molar-refractivity contribution in [3.63, 3.8) is 0 Å². The Bertz CT molecular complexity index is 1240. The van der Waals surface area contributed by atoms with E-state index in [1.165, 1.54) is 24.3 Å². The maximum atomic E-state index is 14.3. The molecule has 3 aromatic rings. The molecule has 0 aliphatic rings. The summed E-state index contributed by atoms with van der Waals surface area (Å²) in [6, 6.07) is 11.6.